The van der Waals surface area contributed by atoms with E-state index in [1.807, 2.05) is 12.2 Å². The van der Waals surface area contributed by atoms with Crippen molar-refractivity contribution in [2.75, 3.05) is 14.2 Å². The number of nitrogens with one attached hydrogen (secondary N) is 1. The van der Waals surface area contributed by atoms with Crippen LogP contribution in [0, 0.1) is 35.0 Å². The highest BCUT2D eigenvalue weighted by Crippen LogP contribution is 2.44. The number of esters is 1. The number of amides is 1. The van der Waals surface area contributed by atoms with Gasteiger partial charge in [0.1, 0.15) is 23.9 Å². The summed E-state index contributed by atoms with van der Waals surface area (Å²) in [6.45, 7) is 0. The molecule has 8 heteroatoms. The molecule has 0 radical (unpaired) electrons. The summed E-state index contributed by atoms with van der Waals surface area (Å²) >= 11 is 0. The number of rotatable bonds is 7. The summed E-state index contributed by atoms with van der Waals surface area (Å²) in [7, 11) is 2.79. The number of fused-ring (bicyclic) bond motifs is 2. The molecule has 3 aliphatic carbocycles. The normalized spacial score (nSPS) is 29.7. The second kappa shape index (κ2) is 9.65. The van der Waals surface area contributed by atoms with Gasteiger partial charge in [0.05, 0.1) is 37.4 Å². The summed E-state index contributed by atoms with van der Waals surface area (Å²) in [5.74, 6) is -0.417. The second-order valence-electron chi connectivity index (χ2n) is 8.95. The first-order valence-corrected chi connectivity index (χ1v) is 11.3. The maximum absolute atomic E-state index is 13.3. The molecule has 0 heterocycles. The summed E-state index contributed by atoms with van der Waals surface area (Å²) < 4.78 is 16.5. The average molecular weight is 453 g/mol. The van der Waals surface area contributed by atoms with Gasteiger partial charge in [0.2, 0.25) is 0 Å². The number of ether oxygens (including phenoxy) is 3. The van der Waals surface area contributed by atoms with Crippen LogP contribution in [0.25, 0.3) is 0 Å². The molecule has 0 aliphatic heterocycles. The molecule has 3 unspecified atom stereocenters. The largest absolute Gasteiger partial charge is 0.496 e. The van der Waals surface area contributed by atoms with Crippen LogP contribution in [0.1, 0.15) is 48.0 Å². The van der Waals surface area contributed by atoms with Gasteiger partial charge in [-0.1, -0.05) is 12.2 Å². The zero-order chi connectivity index (χ0) is 23.5. The van der Waals surface area contributed by atoms with Crippen molar-refractivity contribution in [2.45, 2.75) is 44.2 Å². The second-order valence-corrected chi connectivity index (χ2v) is 8.95. The maximum atomic E-state index is 13.3. The smallest absolute Gasteiger partial charge is 0.311 e. The van der Waals surface area contributed by atoms with Gasteiger partial charge in [-0.2, -0.15) is 5.26 Å². The molecule has 33 heavy (non-hydrogen) atoms. The van der Waals surface area contributed by atoms with Crippen LogP contribution in [-0.4, -0.2) is 44.5 Å². The van der Waals surface area contributed by atoms with E-state index in [4.69, 9.17) is 14.2 Å². The van der Waals surface area contributed by atoms with Gasteiger partial charge in [-0.05, 0) is 50.0 Å². The maximum Gasteiger partial charge on any atom is 0.311 e. The van der Waals surface area contributed by atoms with Crippen LogP contribution in [0.2, 0.25) is 0 Å². The molecule has 2 bridgehead atoms. The van der Waals surface area contributed by atoms with Gasteiger partial charge in [0.15, 0.2) is 0 Å². The minimum Gasteiger partial charge on any atom is -0.496 e. The van der Waals surface area contributed by atoms with Gasteiger partial charge in [-0.3, -0.25) is 9.59 Å². The number of allylic oxidation sites excluding steroid dienone is 1. The third kappa shape index (κ3) is 4.45. The Morgan fingerprint density at radius 3 is 2.45 bits per heavy atom. The SMILES string of the molecule is COC(=O)C1C(NC(=O)c2cc(OC3CCC(C=O)CC3)c(C#N)cc2OC)C2C=C[C@H]1C2. The molecule has 0 spiro atoms. The van der Waals surface area contributed by atoms with E-state index in [1.54, 1.807) is 0 Å². The number of aldehydes is 1. The molecule has 2 saturated carbocycles. The quantitative estimate of drug-likeness (QED) is 0.384. The van der Waals surface area contributed by atoms with E-state index in [1.165, 1.54) is 26.4 Å². The van der Waals surface area contributed by atoms with Crippen LogP contribution in [0.4, 0.5) is 0 Å². The van der Waals surface area contributed by atoms with Crippen LogP contribution < -0.4 is 14.8 Å². The number of hydrogen-bond acceptors (Lipinski definition) is 7. The third-order valence-electron chi connectivity index (χ3n) is 7.10. The first kappa shape index (κ1) is 22.8. The Bertz CT molecular complexity index is 1000. The van der Waals surface area contributed by atoms with Crippen molar-refractivity contribution in [3.63, 3.8) is 0 Å². The van der Waals surface area contributed by atoms with Gasteiger partial charge in [-0.25, -0.2) is 0 Å². The first-order valence-electron chi connectivity index (χ1n) is 11.3. The molecule has 8 nitrogen and oxygen atoms in total. The average Bonchev–Trinajstić information content (AvgIpc) is 3.45. The van der Waals surface area contributed by atoms with Crippen molar-refractivity contribution in [1.29, 1.82) is 5.26 Å². The number of carbonyl (C=O) groups is 3. The summed E-state index contributed by atoms with van der Waals surface area (Å²) in [4.78, 5) is 36.7. The molecule has 1 amide bonds. The molecule has 174 valence electrons. The topological polar surface area (TPSA) is 115 Å². The molecule has 3 aliphatic rings. The van der Waals surface area contributed by atoms with Crippen molar-refractivity contribution < 1.29 is 28.6 Å². The van der Waals surface area contributed by atoms with Crippen molar-refractivity contribution in [1.82, 2.24) is 5.32 Å². The molecule has 0 saturated heterocycles. The Labute approximate surface area is 192 Å². The highest BCUT2D eigenvalue weighted by Gasteiger charge is 2.49. The van der Waals surface area contributed by atoms with Gasteiger partial charge in [-0.15, -0.1) is 0 Å². The number of nitrogens with zero attached hydrogens (tertiary/aromatic N) is 1. The molecule has 1 aromatic rings. The highest BCUT2D eigenvalue weighted by atomic mass is 16.5. The van der Waals surface area contributed by atoms with E-state index in [-0.39, 0.29) is 52.7 Å². The Balaban J connectivity index is 1.56. The number of nitriles is 1. The monoisotopic (exact) mass is 452 g/mol. The van der Waals surface area contributed by atoms with E-state index < -0.39 is 11.8 Å². The number of benzene rings is 1. The number of methoxy groups -OCH3 is 2. The Hall–Kier alpha value is -3.34. The standard InChI is InChI=1S/C25H28N2O6/c1-31-21-10-17(12-26)20(33-18-7-3-14(13-28)4-8-18)11-19(21)24(29)27-23-16-6-5-15(9-16)22(23)25(30)32-2/h5-6,10-11,13-16,18,22-23H,3-4,7-9H2,1-2H3,(H,27,29)/t14?,15-,16?,18?,22?,23?/m0/s1. The molecule has 4 atom stereocenters. The van der Waals surface area contributed by atoms with E-state index in [2.05, 4.69) is 11.4 Å². The van der Waals surface area contributed by atoms with E-state index >= 15 is 0 Å². The lowest BCUT2D eigenvalue weighted by molar-refractivity contribution is -0.147. The zero-order valence-electron chi connectivity index (χ0n) is 18.8. The van der Waals surface area contributed by atoms with Gasteiger partial charge in [0.25, 0.3) is 5.91 Å². The molecule has 0 aromatic heterocycles. The fourth-order valence-electron chi connectivity index (χ4n) is 5.32. The van der Waals surface area contributed by atoms with Crippen LogP contribution in [-0.2, 0) is 14.3 Å². The molecule has 4 rings (SSSR count). The zero-order valence-corrected chi connectivity index (χ0v) is 18.8. The Morgan fingerprint density at radius 1 is 1.09 bits per heavy atom. The van der Waals surface area contributed by atoms with Gasteiger partial charge in [0, 0.05) is 18.0 Å². The number of carbonyl (C=O) groups excluding carboxylic acids is 3. The molecule has 2 fully saturated rings. The highest BCUT2D eigenvalue weighted by molar-refractivity contribution is 5.98. The molecular weight excluding hydrogens is 424 g/mol. The van der Waals surface area contributed by atoms with Crippen LogP contribution in [0.15, 0.2) is 24.3 Å². The predicted octanol–water partition coefficient (Wildman–Crippen LogP) is 2.80. The minimum atomic E-state index is -0.429. The minimum absolute atomic E-state index is 0.0518. The van der Waals surface area contributed by atoms with Gasteiger partial charge < -0.3 is 24.3 Å². The first-order chi connectivity index (χ1) is 16.0. The summed E-state index contributed by atoms with van der Waals surface area (Å²) in [6, 6.07) is 4.77. The molecule has 1 aromatic carbocycles. The number of hydrogen-bond donors (Lipinski definition) is 1. The third-order valence-corrected chi connectivity index (χ3v) is 7.10. The van der Waals surface area contributed by atoms with E-state index in [0.29, 0.717) is 18.6 Å². The summed E-state index contributed by atoms with van der Waals surface area (Å²) in [5.41, 5.74) is 0.514. The van der Waals surface area contributed by atoms with E-state index in [9.17, 15) is 19.6 Å². The Kier molecular flexibility index (Phi) is 6.68. The molecular formula is C25H28N2O6. The van der Waals surface area contributed by atoms with E-state index in [0.717, 1.165) is 25.5 Å². The van der Waals surface area contributed by atoms with Crippen LogP contribution in [0.5, 0.6) is 11.5 Å². The lowest BCUT2D eigenvalue weighted by Crippen LogP contribution is -2.46. The fraction of sp³-hybridized carbons (Fsp3) is 0.520. The fourth-order valence-corrected chi connectivity index (χ4v) is 5.32. The molecule has 1 N–H and O–H groups in total. The van der Waals surface area contributed by atoms with Crippen LogP contribution in [0.3, 0.4) is 0 Å². The van der Waals surface area contributed by atoms with Crippen molar-refractivity contribution in [3.8, 4) is 17.6 Å². The lowest BCUT2D eigenvalue weighted by Gasteiger charge is -2.28. The van der Waals surface area contributed by atoms with Crippen molar-refractivity contribution in [3.05, 3.63) is 35.4 Å². The van der Waals surface area contributed by atoms with Crippen LogP contribution >= 0.6 is 0 Å². The van der Waals surface area contributed by atoms with Gasteiger partial charge >= 0.3 is 5.97 Å². The summed E-state index contributed by atoms with van der Waals surface area (Å²) in [6.07, 6.45) is 8.61. The summed E-state index contributed by atoms with van der Waals surface area (Å²) in [5, 5.41) is 12.6. The lowest BCUT2D eigenvalue weighted by atomic mass is 9.88. The predicted molar refractivity (Wildman–Crippen MR) is 118 cm³/mol. The van der Waals surface area contributed by atoms with Crippen molar-refractivity contribution in [2.24, 2.45) is 23.7 Å². The van der Waals surface area contributed by atoms with Crippen molar-refractivity contribution >= 4 is 18.2 Å². The Morgan fingerprint density at radius 2 is 1.82 bits per heavy atom.